The van der Waals surface area contributed by atoms with Gasteiger partial charge in [-0.2, -0.15) is 0 Å². The quantitative estimate of drug-likeness (QED) is 0.644. The smallest absolute Gasteiger partial charge is 0.407 e. The molecular weight excluding hydrogens is 444 g/mol. The number of likely N-dealkylation sites (tertiary alicyclic amines) is 1. The number of benzene rings is 2. The summed E-state index contributed by atoms with van der Waals surface area (Å²) < 4.78 is 5.67. The summed E-state index contributed by atoms with van der Waals surface area (Å²) >= 11 is 0. The van der Waals surface area contributed by atoms with Crippen molar-refractivity contribution in [2.45, 2.75) is 50.5 Å². The number of nitrogens with one attached hydrogen (secondary N) is 1. The standard InChI is InChI=1S/C28H32N2O5/c31-26(30-13-5-6-19(16-30)27(32)33)15-18-11-12-20(14-18)29-28(34)35-17-25-23-9-3-1-7-21(23)22-8-2-4-10-24(22)25/h1-4,7-10,18-20,25H,5-6,11-17H2,(H,29,34)(H,32,33)/t18-,19+,20+/m1/s1. The SMILES string of the molecule is O=C(N[C@H]1CC[C@@H](CC(=O)N2CCC[C@H](C(=O)O)C2)C1)OCC1c2ccccc2-c2ccccc21. The molecule has 2 aliphatic carbocycles. The Morgan fingerprint density at radius 3 is 2.34 bits per heavy atom. The van der Waals surface area contributed by atoms with Crippen LogP contribution in [0.2, 0.25) is 0 Å². The molecular formula is C28H32N2O5. The predicted octanol–water partition coefficient (Wildman–Crippen LogP) is 4.41. The largest absolute Gasteiger partial charge is 0.481 e. The summed E-state index contributed by atoms with van der Waals surface area (Å²) in [6, 6.07) is 16.5. The number of amides is 2. The number of ether oxygens (including phenoxy) is 1. The van der Waals surface area contributed by atoms with E-state index in [1.165, 1.54) is 22.3 Å². The van der Waals surface area contributed by atoms with Crippen molar-refractivity contribution in [3.05, 3.63) is 59.7 Å². The second-order valence-electron chi connectivity index (χ2n) is 10.1. The predicted molar refractivity (Wildman–Crippen MR) is 131 cm³/mol. The van der Waals surface area contributed by atoms with Gasteiger partial charge in [0.05, 0.1) is 5.92 Å². The molecule has 0 bridgehead atoms. The summed E-state index contributed by atoms with van der Waals surface area (Å²) in [5, 5.41) is 12.3. The van der Waals surface area contributed by atoms with Crippen LogP contribution in [-0.4, -0.2) is 53.7 Å². The fourth-order valence-corrected chi connectivity index (χ4v) is 5.98. The fraction of sp³-hybridized carbons (Fsp3) is 0.464. The second-order valence-corrected chi connectivity index (χ2v) is 10.1. The average Bonchev–Trinajstić information content (AvgIpc) is 3.44. The van der Waals surface area contributed by atoms with Crippen LogP contribution in [0.3, 0.4) is 0 Å². The van der Waals surface area contributed by atoms with Crippen molar-refractivity contribution >= 4 is 18.0 Å². The van der Waals surface area contributed by atoms with Gasteiger partial charge in [-0.25, -0.2) is 4.79 Å². The van der Waals surface area contributed by atoms with Gasteiger partial charge in [-0.1, -0.05) is 48.5 Å². The lowest BCUT2D eigenvalue weighted by Gasteiger charge is -2.31. The van der Waals surface area contributed by atoms with E-state index in [-0.39, 0.29) is 30.4 Å². The van der Waals surface area contributed by atoms with Gasteiger partial charge < -0.3 is 20.1 Å². The third-order valence-corrected chi connectivity index (χ3v) is 7.79. The maximum atomic E-state index is 12.7. The molecule has 3 aliphatic rings. The highest BCUT2D eigenvalue weighted by Gasteiger charge is 2.33. The van der Waals surface area contributed by atoms with Crippen molar-refractivity contribution in [1.82, 2.24) is 10.2 Å². The summed E-state index contributed by atoms with van der Waals surface area (Å²) in [5.41, 5.74) is 4.76. The Morgan fingerprint density at radius 1 is 0.971 bits per heavy atom. The highest BCUT2D eigenvalue weighted by molar-refractivity contribution is 5.79. The van der Waals surface area contributed by atoms with Gasteiger partial charge in [0.1, 0.15) is 6.61 Å². The van der Waals surface area contributed by atoms with E-state index in [4.69, 9.17) is 4.74 Å². The second kappa shape index (κ2) is 10.1. The van der Waals surface area contributed by atoms with E-state index in [1.807, 2.05) is 24.3 Å². The Hall–Kier alpha value is -3.35. The summed E-state index contributed by atoms with van der Waals surface area (Å²) in [6.45, 7) is 1.23. The van der Waals surface area contributed by atoms with Crippen LogP contribution in [0, 0.1) is 11.8 Å². The van der Waals surface area contributed by atoms with Gasteiger partial charge in [-0.15, -0.1) is 0 Å². The fourth-order valence-electron chi connectivity index (χ4n) is 5.98. The molecule has 184 valence electrons. The Morgan fingerprint density at radius 2 is 1.66 bits per heavy atom. The number of piperidine rings is 1. The molecule has 1 saturated carbocycles. The van der Waals surface area contributed by atoms with Gasteiger partial charge >= 0.3 is 12.1 Å². The van der Waals surface area contributed by atoms with Gasteiger partial charge in [0.15, 0.2) is 0 Å². The monoisotopic (exact) mass is 476 g/mol. The van der Waals surface area contributed by atoms with Crippen molar-refractivity contribution in [2.75, 3.05) is 19.7 Å². The maximum absolute atomic E-state index is 12.7. The summed E-state index contributed by atoms with van der Waals surface area (Å²) in [7, 11) is 0. The molecule has 7 nitrogen and oxygen atoms in total. The van der Waals surface area contributed by atoms with Crippen LogP contribution in [0.25, 0.3) is 11.1 Å². The van der Waals surface area contributed by atoms with Crippen LogP contribution < -0.4 is 5.32 Å². The molecule has 2 aromatic carbocycles. The molecule has 2 N–H and O–H groups in total. The van der Waals surface area contributed by atoms with Crippen molar-refractivity contribution in [3.63, 3.8) is 0 Å². The number of fused-ring (bicyclic) bond motifs is 3. The molecule has 1 saturated heterocycles. The molecule has 2 fully saturated rings. The van der Waals surface area contributed by atoms with Crippen LogP contribution in [0.1, 0.15) is 55.6 Å². The number of hydrogen-bond acceptors (Lipinski definition) is 4. The van der Waals surface area contributed by atoms with Gasteiger partial charge in [-0.05, 0) is 60.3 Å². The number of rotatable bonds is 6. The topological polar surface area (TPSA) is 95.9 Å². The molecule has 2 aromatic rings. The molecule has 0 radical (unpaired) electrons. The van der Waals surface area contributed by atoms with E-state index in [2.05, 4.69) is 29.6 Å². The first-order valence-corrected chi connectivity index (χ1v) is 12.6. The van der Waals surface area contributed by atoms with E-state index >= 15 is 0 Å². The van der Waals surface area contributed by atoms with E-state index < -0.39 is 18.0 Å². The Labute approximate surface area is 205 Å². The molecule has 1 aliphatic heterocycles. The molecule has 35 heavy (non-hydrogen) atoms. The van der Waals surface area contributed by atoms with Crippen LogP contribution in [0.5, 0.6) is 0 Å². The van der Waals surface area contributed by atoms with Gasteiger partial charge in [0.2, 0.25) is 5.91 Å². The number of carboxylic acid groups (broad SMARTS) is 1. The van der Waals surface area contributed by atoms with Crippen molar-refractivity contribution in [2.24, 2.45) is 11.8 Å². The van der Waals surface area contributed by atoms with Crippen molar-refractivity contribution in [3.8, 4) is 11.1 Å². The maximum Gasteiger partial charge on any atom is 0.407 e. The van der Waals surface area contributed by atoms with Gasteiger partial charge in [0.25, 0.3) is 0 Å². The lowest BCUT2D eigenvalue weighted by Crippen LogP contribution is -2.42. The van der Waals surface area contributed by atoms with Crippen molar-refractivity contribution in [1.29, 1.82) is 0 Å². The van der Waals surface area contributed by atoms with E-state index in [1.54, 1.807) is 4.90 Å². The first-order chi connectivity index (χ1) is 17.0. The van der Waals surface area contributed by atoms with E-state index in [0.29, 0.717) is 25.9 Å². The number of nitrogens with zero attached hydrogens (tertiary/aromatic N) is 1. The number of aliphatic carboxylic acids is 1. The summed E-state index contributed by atoms with van der Waals surface area (Å²) in [4.78, 5) is 38.3. The molecule has 3 atom stereocenters. The molecule has 7 heteroatoms. The van der Waals surface area contributed by atoms with Gasteiger partial charge in [-0.3, -0.25) is 9.59 Å². The number of carboxylic acids is 1. The van der Waals surface area contributed by atoms with Crippen LogP contribution in [-0.2, 0) is 14.3 Å². The van der Waals surface area contributed by atoms with Crippen molar-refractivity contribution < 1.29 is 24.2 Å². The number of alkyl carbamates (subject to hydrolysis) is 1. The zero-order chi connectivity index (χ0) is 24.4. The van der Waals surface area contributed by atoms with Crippen LogP contribution in [0.15, 0.2) is 48.5 Å². The first-order valence-electron chi connectivity index (χ1n) is 12.6. The zero-order valence-corrected chi connectivity index (χ0v) is 19.8. The van der Waals surface area contributed by atoms with Gasteiger partial charge in [0, 0.05) is 31.5 Å². The molecule has 0 spiro atoms. The lowest BCUT2D eigenvalue weighted by molar-refractivity contribution is -0.145. The lowest BCUT2D eigenvalue weighted by atomic mass is 9.96. The number of carbonyl (C=O) groups is 3. The third-order valence-electron chi connectivity index (χ3n) is 7.79. The van der Waals surface area contributed by atoms with Crippen LogP contribution in [0.4, 0.5) is 4.79 Å². The minimum Gasteiger partial charge on any atom is -0.481 e. The minimum absolute atomic E-state index is 0.00317. The number of hydrogen-bond donors (Lipinski definition) is 2. The average molecular weight is 477 g/mol. The molecule has 2 amide bonds. The first kappa shape index (κ1) is 23.4. The Bertz CT molecular complexity index is 1070. The summed E-state index contributed by atoms with van der Waals surface area (Å²) in [6.07, 6.45) is 3.80. The normalized spacial score (nSPS) is 23.4. The van der Waals surface area contributed by atoms with Crippen LogP contribution >= 0.6 is 0 Å². The minimum atomic E-state index is -0.823. The third kappa shape index (κ3) is 5.04. The molecule has 5 rings (SSSR count). The summed E-state index contributed by atoms with van der Waals surface area (Å²) in [5.74, 6) is -1.02. The van der Waals surface area contributed by atoms with E-state index in [9.17, 15) is 19.5 Å². The van der Waals surface area contributed by atoms with E-state index in [0.717, 1.165) is 25.7 Å². The molecule has 0 unspecified atom stereocenters. The molecule has 1 heterocycles. The number of carbonyl (C=O) groups excluding carboxylic acids is 2. The zero-order valence-electron chi connectivity index (χ0n) is 19.8. The highest BCUT2D eigenvalue weighted by atomic mass is 16.5. The highest BCUT2D eigenvalue weighted by Crippen LogP contribution is 2.44. The Balaban J connectivity index is 1.10. The Kier molecular flexibility index (Phi) is 6.75. The molecule has 0 aromatic heterocycles.